The van der Waals surface area contributed by atoms with E-state index in [9.17, 15) is 0 Å². The molecule has 2 aliphatic rings. The van der Waals surface area contributed by atoms with Crippen molar-refractivity contribution in [3.63, 3.8) is 0 Å². The highest BCUT2D eigenvalue weighted by atomic mass is 15.0. The molecule has 64 heavy (non-hydrogen) atoms. The molecule has 10 aromatic rings. The van der Waals surface area contributed by atoms with Crippen molar-refractivity contribution in [3.05, 3.63) is 223 Å². The Balaban J connectivity index is 0.905. The molecule has 0 bridgehead atoms. The van der Waals surface area contributed by atoms with Gasteiger partial charge in [0, 0.05) is 22.1 Å². The van der Waals surface area contributed by atoms with E-state index in [0.29, 0.717) is 17.5 Å². The minimum absolute atomic E-state index is 0.123. The standard InChI is InChI=1S/C61H45N3/c1-4-14-41(15-5-1)43-22-28-46(29-23-43)58-62-59(47-30-24-44(25-31-47)42-16-6-2-7-17-42)64-60(63-58)48-32-26-45(27-33-48)50-36-37-51(53-19-9-8-18-52(50)53)49-34-35-55-54-20-10-11-21-56(54)61(57(55)40-49)38-12-3-13-39-61/h1-2,4-11,14-37,40H,3,12-13,38-39H2. The van der Waals surface area contributed by atoms with Crippen LogP contribution in [-0.4, -0.2) is 15.0 Å². The number of fused-ring (bicyclic) bond motifs is 6. The first kappa shape index (κ1) is 38.0. The molecule has 0 aliphatic heterocycles. The van der Waals surface area contributed by atoms with Crippen LogP contribution >= 0.6 is 0 Å². The number of rotatable bonds is 7. The molecule has 1 heterocycles. The number of aromatic nitrogens is 3. The van der Waals surface area contributed by atoms with Gasteiger partial charge < -0.3 is 0 Å². The Kier molecular flexibility index (Phi) is 9.41. The second-order valence-corrected chi connectivity index (χ2v) is 17.4. The summed E-state index contributed by atoms with van der Waals surface area (Å²) in [4.78, 5) is 15.3. The van der Waals surface area contributed by atoms with Crippen LogP contribution in [0.3, 0.4) is 0 Å². The zero-order valence-corrected chi connectivity index (χ0v) is 35.6. The molecule has 0 unspecified atom stereocenters. The molecule has 2 aliphatic carbocycles. The van der Waals surface area contributed by atoms with Crippen molar-refractivity contribution in [2.75, 3.05) is 0 Å². The Morgan fingerprint density at radius 1 is 0.266 bits per heavy atom. The summed E-state index contributed by atoms with van der Waals surface area (Å²) in [5, 5.41) is 2.51. The van der Waals surface area contributed by atoms with Crippen molar-refractivity contribution in [3.8, 4) is 89.8 Å². The monoisotopic (exact) mass is 819 g/mol. The Bertz CT molecular complexity index is 3210. The molecule has 1 saturated carbocycles. The first-order valence-corrected chi connectivity index (χ1v) is 22.6. The third-order valence-corrected chi connectivity index (χ3v) is 13.8. The van der Waals surface area contributed by atoms with Gasteiger partial charge in [-0.25, -0.2) is 15.0 Å². The van der Waals surface area contributed by atoms with E-state index in [4.69, 9.17) is 15.0 Å². The van der Waals surface area contributed by atoms with Gasteiger partial charge in [-0.3, -0.25) is 0 Å². The second-order valence-electron chi connectivity index (χ2n) is 17.4. The second kappa shape index (κ2) is 15.9. The van der Waals surface area contributed by atoms with Gasteiger partial charge in [-0.05, 0) is 96.4 Å². The number of hydrogen-bond donors (Lipinski definition) is 0. The number of benzene rings is 9. The van der Waals surface area contributed by atoms with Crippen molar-refractivity contribution >= 4 is 10.8 Å². The van der Waals surface area contributed by atoms with Crippen LogP contribution in [0.1, 0.15) is 43.2 Å². The topological polar surface area (TPSA) is 38.7 Å². The van der Waals surface area contributed by atoms with Crippen LogP contribution in [0.15, 0.2) is 212 Å². The lowest BCUT2D eigenvalue weighted by molar-refractivity contribution is 0.353. The normalized spacial score (nSPS) is 13.8. The Morgan fingerprint density at radius 2 is 0.641 bits per heavy atom. The van der Waals surface area contributed by atoms with Gasteiger partial charge in [0.2, 0.25) is 0 Å². The summed E-state index contributed by atoms with van der Waals surface area (Å²) in [5.41, 5.74) is 18.4. The van der Waals surface area contributed by atoms with E-state index in [1.54, 1.807) is 0 Å². The van der Waals surface area contributed by atoms with E-state index >= 15 is 0 Å². The van der Waals surface area contributed by atoms with Gasteiger partial charge in [-0.15, -0.1) is 0 Å². The van der Waals surface area contributed by atoms with Crippen molar-refractivity contribution in [2.24, 2.45) is 0 Å². The molecule has 3 heteroatoms. The first-order chi connectivity index (χ1) is 31.7. The van der Waals surface area contributed by atoms with Crippen molar-refractivity contribution < 1.29 is 0 Å². The lowest BCUT2D eigenvalue weighted by Gasteiger charge is -2.36. The fraction of sp³-hybridized carbons (Fsp3) is 0.0984. The van der Waals surface area contributed by atoms with Crippen LogP contribution < -0.4 is 0 Å². The highest BCUT2D eigenvalue weighted by Gasteiger charge is 2.43. The lowest BCUT2D eigenvalue weighted by atomic mass is 9.67. The van der Waals surface area contributed by atoms with Gasteiger partial charge in [-0.1, -0.05) is 226 Å². The van der Waals surface area contributed by atoms with Crippen LogP contribution in [0.5, 0.6) is 0 Å². The summed E-state index contributed by atoms with van der Waals surface area (Å²) >= 11 is 0. The molecule has 12 rings (SSSR count). The molecule has 304 valence electrons. The highest BCUT2D eigenvalue weighted by molar-refractivity contribution is 6.05. The molecular weight excluding hydrogens is 775 g/mol. The van der Waals surface area contributed by atoms with Crippen LogP contribution in [0.2, 0.25) is 0 Å². The van der Waals surface area contributed by atoms with E-state index in [0.717, 1.165) is 33.4 Å². The van der Waals surface area contributed by atoms with E-state index in [1.165, 1.54) is 92.9 Å². The largest absolute Gasteiger partial charge is 0.208 e. The molecule has 1 aromatic heterocycles. The van der Waals surface area contributed by atoms with E-state index in [1.807, 2.05) is 12.1 Å². The lowest BCUT2D eigenvalue weighted by Crippen LogP contribution is -2.28. The summed E-state index contributed by atoms with van der Waals surface area (Å²) < 4.78 is 0. The SMILES string of the molecule is c1ccc(-c2ccc(-c3nc(-c4ccc(-c5ccccc5)cc4)nc(-c4ccc(-c5ccc(-c6ccc7c(c6)C6(CCCCC6)c6ccccc6-7)c6ccccc56)cc4)n3)cc2)cc1. The Labute approximate surface area is 374 Å². The molecule has 9 aromatic carbocycles. The zero-order valence-electron chi connectivity index (χ0n) is 35.6. The molecule has 0 atom stereocenters. The summed E-state index contributed by atoms with van der Waals surface area (Å²) in [7, 11) is 0. The van der Waals surface area contributed by atoms with Gasteiger partial charge in [-0.2, -0.15) is 0 Å². The van der Waals surface area contributed by atoms with Gasteiger partial charge in [0.15, 0.2) is 17.5 Å². The highest BCUT2D eigenvalue weighted by Crippen LogP contribution is 2.56. The average Bonchev–Trinajstić information content (AvgIpc) is 3.64. The summed E-state index contributed by atoms with van der Waals surface area (Å²) in [5.74, 6) is 1.92. The van der Waals surface area contributed by atoms with Gasteiger partial charge in [0.25, 0.3) is 0 Å². The summed E-state index contributed by atoms with van der Waals surface area (Å²) in [6.07, 6.45) is 6.36. The van der Waals surface area contributed by atoms with Gasteiger partial charge in [0.1, 0.15) is 0 Å². The maximum Gasteiger partial charge on any atom is 0.164 e. The number of nitrogens with zero attached hydrogens (tertiary/aromatic N) is 3. The van der Waals surface area contributed by atoms with Crippen LogP contribution in [0.4, 0.5) is 0 Å². The van der Waals surface area contributed by atoms with Crippen LogP contribution in [0.25, 0.3) is 101 Å². The molecular formula is C61H45N3. The third kappa shape index (κ3) is 6.64. The fourth-order valence-corrected chi connectivity index (χ4v) is 10.6. The predicted molar refractivity (Wildman–Crippen MR) is 265 cm³/mol. The van der Waals surface area contributed by atoms with Gasteiger partial charge in [0.05, 0.1) is 0 Å². The predicted octanol–water partition coefficient (Wildman–Crippen LogP) is 15.9. The molecule has 0 radical (unpaired) electrons. The number of hydrogen-bond acceptors (Lipinski definition) is 3. The summed E-state index contributed by atoms with van der Waals surface area (Å²) in [6.45, 7) is 0. The minimum atomic E-state index is 0.123. The quantitative estimate of drug-likeness (QED) is 0.161. The first-order valence-electron chi connectivity index (χ1n) is 22.6. The van der Waals surface area contributed by atoms with Crippen molar-refractivity contribution in [1.82, 2.24) is 15.0 Å². The smallest absolute Gasteiger partial charge is 0.164 e. The average molecular weight is 820 g/mol. The maximum absolute atomic E-state index is 5.11. The Morgan fingerprint density at radius 3 is 1.17 bits per heavy atom. The zero-order chi connectivity index (χ0) is 42.5. The molecule has 0 amide bonds. The third-order valence-electron chi connectivity index (χ3n) is 13.8. The van der Waals surface area contributed by atoms with Crippen LogP contribution in [-0.2, 0) is 5.41 Å². The summed E-state index contributed by atoms with van der Waals surface area (Å²) in [6, 6.07) is 76.6. The molecule has 0 N–H and O–H groups in total. The molecule has 1 spiro atoms. The van der Waals surface area contributed by atoms with Crippen LogP contribution in [0, 0.1) is 0 Å². The van der Waals surface area contributed by atoms with Crippen molar-refractivity contribution in [1.29, 1.82) is 0 Å². The van der Waals surface area contributed by atoms with E-state index < -0.39 is 0 Å². The molecule has 1 fully saturated rings. The minimum Gasteiger partial charge on any atom is -0.208 e. The van der Waals surface area contributed by atoms with E-state index in [2.05, 4.69) is 200 Å². The van der Waals surface area contributed by atoms with Gasteiger partial charge >= 0.3 is 0 Å². The molecule has 0 saturated heterocycles. The van der Waals surface area contributed by atoms with Crippen molar-refractivity contribution in [2.45, 2.75) is 37.5 Å². The molecule has 3 nitrogen and oxygen atoms in total. The maximum atomic E-state index is 5.11. The van der Waals surface area contributed by atoms with E-state index in [-0.39, 0.29) is 5.41 Å². The Hall–Kier alpha value is -7.75. The fourth-order valence-electron chi connectivity index (χ4n) is 10.6.